The molecule has 0 unspecified atom stereocenters. The second kappa shape index (κ2) is 3.66. The lowest BCUT2D eigenvalue weighted by Crippen LogP contribution is -1.92. The number of rotatable bonds is 1. The highest BCUT2D eigenvalue weighted by atomic mass is 16.3. The Morgan fingerprint density at radius 3 is 2.31 bits per heavy atom. The zero-order chi connectivity index (χ0) is 11.7. The van der Waals surface area contributed by atoms with E-state index >= 15 is 0 Å². The van der Waals surface area contributed by atoms with Crippen LogP contribution in [-0.4, -0.2) is 10.2 Å². The van der Waals surface area contributed by atoms with Crippen LogP contribution in [0.15, 0.2) is 36.4 Å². The van der Waals surface area contributed by atoms with Gasteiger partial charge < -0.3 is 21.7 Å². The summed E-state index contributed by atoms with van der Waals surface area (Å²) in [6, 6.07) is 9.79. The van der Waals surface area contributed by atoms with Crippen LogP contribution in [0, 0.1) is 0 Å². The standard InChI is InChI=1S/C12H12N2O2/c13-9-6-7(4-5-10(9)15)8-2-1-3-11(16)12(8)14/h1-6,15-16H,13-14H2. The molecule has 2 aromatic carbocycles. The molecule has 0 aliphatic heterocycles. The van der Waals surface area contributed by atoms with Crippen LogP contribution in [0.2, 0.25) is 0 Å². The van der Waals surface area contributed by atoms with E-state index in [1.165, 1.54) is 12.1 Å². The van der Waals surface area contributed by atoms with Crippen LogP contribution in [0.4, 0.5) is 11.4 Å². The lowest BCUT2D eigenvalue weighted by molar-refractivity contribution is 0.478. The third kappa shape index (κ3) is 1.61. The highest BCUT2D eigenvalue weighted by Gasteiger charge is 2.07. The molecule has 0 aliphatic rings. The molecule has 0 spiro atoms. The Kier molecular flexibility index (Phi) is 2.32. The zero-order valence-corrected chi connectivity index (χ0v) is 8.51. The molecule has 0 bridgehead atoms. The number of phenolic OH excluding ortho intramolecular Hbond substituents is 2. The third-order valence-electron chi connectivity index (χ3n) is 2.42. The van der Waals surface area contributed by atoms with Crippen molar-refractivity contribution in [2.75, 3.05) is 11.5 Å². The molecule has 4 heteroatoms. The number of hydrogen-bond acceptors (Lipinski definition) is 4. The molecule has 0 saturated carbocycles. The predicted molar refractivity (Wildman–Crippen MR) is 64.0 cm³/mol. The van der Waals surface area contributed by atoms with Gasteiger partial charge in [0.15, 0.2) is 0 Å². The maximum absolute atomic E-state index is 9.48. The smallest absolute Gasteiger partial charge is 0.139 e. The van der Waals surface area contributed by atoms with Crippen molar-refractivity contribution in [3.63, 3.8) is 0 Å². The Morgan fingerprint density at radius 1 is 0.875 bits per heavy atom. The SMILES string of the molecule is Nc1cc(-c2cccc(O)c2N)ccc1O. The minimum absolute atomic E-state index is 0.0301. The summed E-state index contributed by atoms with van der Waals surface area (Å²) in [7, 11) is 0. The van der Waals surface area contributed by atoms with Crippen molar-refractivity contribution >= 4 is 11.4 Å². The molecule has 0 atom stereocenters. The molecule has 0 saturated heterocycles. The normalized spacial score (nSPS) is 10.2. The second-order valence-corrected chi connectivity index (χ2v) is 3.51. The van der Waals surface area contributed by atoms with Crippen molar-refractivity contribution in [2.24, 2.45) is 0 Å². The Labute approximate surface area is 92.8 Å². The first kappa shape index (κ1) is 10.2. The van der Waals surface area contributed by atoms with Crippen LogP contribution in [-0.2, 0) is 0 Å². The summed E-state index contributed by atoms with van der Waals surface area (Å²) in [5.41, 5.74) is 13.4. The van der Waals surface area contributed by atoms with Crippen LogP contribution in [0.5, 0.6) is 11.5 Å². The molecule has 0 radical (unpaired) electrons. The molecule has 2 rings (SSSR count). The van der Waals surface area contributed by atoms with E-state index in [-0.39, 0.29) is 17.2 Å². The molecule has 2 aromatic rings. The monoisotopic (exact) mass is 216 g/mol. The Hall–Kier alpha value is -2.36. The van der Waals surface area contributed by atoms with Crippen LogP contribution in [0.25, 0.3) is 11.1 Å². The van der Waals surface area contributed by atoms with E-state index in [0.717, 1.165) is 5.56 Å². The van der Waals surface area contributed by atoms with Gasteiger partial charge in [0.2, 0.25) is 0 Å². The first-order chi connectivity index (χ1) is 7.59. The van der Waals surface area contributed by atoms with Crippen LogP contribution in [0.3, 0.4) is 0 Å². The summed E-state index contributed by atoms with van der Waals surface area (Å²) in [6.07, 6.45) is 0. The van der Waals surface area contributed by atoms with Gasteiger partial charge in [-0.25, -0.2) is 0 Å². The Balaban J connectivity index is 2.59. The van der Waals surface area contributed by atoms with Crippen LogP contribution >= 0.6 is 0 Å². The summed E-state index contributed by atoms with van der Waals surface area (Å²) in [4.78, 5) is 0. The summed E-state index contributed by atoms with van der Waals surface area (Å²) >= 11 is 0. The highest BCUT2D eigenvalue weighted by molar-refractivity contribution is 5.82. The molecule has 0 heterocycles. The van der Waals surface area contributed by atoms with Crippen LogP contribution in [0.1, 0.15) is 0 Å². The van der Waals surface area contributed by atoms with Crippen molar-refractivity contribution in [1.82, 2.24) is 0 Å². The van der Waals surface area contributed by atoms with Gasteiger partial charge in [-0.15, -0.1) is 0 Å². The first-order valence-electron chi connectivity index (χ1n) is 4.76. The molecular weight excluding hydrogens is 204 g/mol. The minimum atomic E-state index is 0.0301. The molecule has 0 aliphatic carbocycles. The Morgan fingerprint density at radius 2 is 1.62 bits per heavy atom. The molecule has 0 amide bonds. The lowest BCUT2D eigenvalue weighted by Gasteiger charge is -2.08. The van der Waals surface area contributed by atoms with E-state index in [9.17, 15) is 10.2 Å². The van der Waals surface area contributed by atoms with Gasteiger partial charge in [-0.2, -0.15) is 0 Å². The number of phenols is 2. The average molecular weight is 216 g/mol. The third-order valence-corrected chi connectivity index (χ3v) is 2.42. The molecule has 16 heavy (non-hydrogen) atoms. The van der Waals surface area contributed by atoms with Gasteiger partial charge in [0, 0.05) is 5.56 Å². The molecule has 0 aromatic heterocycles. The maximum atomic E-state index is 9.48. The first-order valence-corrected chi connectivity index (χ1v) is 4.76. The van der Waals surface area contributed by atoms with Crippen LogP contribution < -0.4 is 11.5 Å². The predicted octanol–water partition coefficient (Wildman–Crippen LogP) is 1.93. The fourth-order valence-electron chi connectivity index (χ4n) is 1.53. The molecular formula is C12H12N2O2. The highest BCUT2D eigenvalue weighted by Crippen LogP contribution is 2.34. The lowest BCUT2D eigenvalue weighted by atomic mass is 10.0. The fraction of sp³-hybridized carbons (Fsp3) is 0. The fourth-order valence-corrected chi connectivity index (χ4v) is 1.53. The molecule has 0 fully saturated rings. The van der Waals surface area contributed by atoms with Crippen molar-refractivity contribution in [1.29, 1.82) is 0 Å². The van der Waals surface area contributed by atoms with Crippen molar-refractivity contribution in [2.45, 2.75) is 0 Å². The van der Waals surface area contributed by atoms with Crippen molar-refractivity contribution < 1.29 is 10.2 Å². The van der Waals surface area contributed by atoms with Gasteiger partial charge in [0.25, 0.3) is 0 Å². The average Bonchev–Trinajstić information content (AvgIpc) is 2.26. The van der Waals surface area contributed by atoms with Gasteiger partial charge in [-0.05, 0) is 23.8 Å². The van der Waals surface area contributed by atoms with Crippen molar-refractivity contribution in [3.05, 3.63) is 36.4 Å². The quantitative estimate of drug-likeness (QED) is 0.433. The zero-order valence-electron chi connectivity index (χ0n) is 8.51. The number of anilines is 2. The minimum Gasteiger partial charge on any atom is -0.506 e. The number of para-hydroxylation sites is 1. The van der Waals surface area contributed by atoms with E-state index in [1.807, 2.05) is 0 Å². The maximum Gasteiger partial charge on any atom is 0.139 e. The molecule has 6 N–H and O–H groups in total. The molecule has 4 nitrogen and oxygen atoms in total. The Bertz CT molecular complexity index is 539. The number of hydrogen-bond donors (Lipinski definition) is 4. The largest absolute Gasteiger partial charge is 0.506 e. The number of benzene rings is 2. The number of nitrogen functional groups attached to an aromatic ring is 2. The van der Waals surface area contributed by atoms with E-state index in [1.54, 1.807) is 24.3 Å². The van der Waals surface area contributed by atoms with E-state index in [2.05, 4.69) is 0 Å². The second-order valence-electron chi connectivity index (χ2n) is 3.51. The van der Waals surface area contributed by atoms with Gasteiger partial charge >= 0.3 is 0 Å². The summed E-state index contributed by atoms with van der Waals surface area (Å²) < 4.78 is 0. The summed E-state index contributed by atoms with van der Waals surface area (Å²) in [6.45, 7) is 0. The van der Waals surface area contributed by atoms with E-state index in [0.29, 0.717) is 11.3 Å². The van der Waals surface area contributed by atoms with Gasteiger partial charge in [-0.1, -0.05) is 18.2 Å². The topological polar surface area (TPSA) is 92.5 Å². The van der Waals surface area contributed by atoms with Crippen molar-refractivity contribution in [3.8, 4) is 22.6 Å². The van der Waals surface area contributed by atoms with Gasteiger partial charge in [-0.3, -0.25) is 0 Å². The van der Waals surface area contributed by atoms with Gasteiger partial charge in [0.1, 0.15) is 11.5 Å². The summed E-state index contributed by atoms with van der Waals surface area (Å²) in [5, 5.41) is 18.8. The number of aromatic hydroxyl groups is 2. The molecule has 82 valence electrons. The van der Waals surface area contributed by atoms with E-state index < -0.39 is 0 Å². The summed E-state index contributed by atoms with van der Waals surface area (Å²) in [5.74, 6) is 0.0617. The number of nitrogens with two attached hydrogens (primary N) is 2. The van der Waals surface area contributed by atoms with Gasteiger partial charge in [0.05, 0.1) is 11.4 Å². The van der Waals surface area contributed by atoms with E-state index in [4.69, 9.17) is 11.5 Å².